The molecule has 8 rings (SSSR count). The molecule has 0 amide bonds. The molecule has 4 aliphatic rings. The molecule has 4 heterocycles. The Kier molecular flexibility index (Phi) is 6.18. The SMILES string of the molecule is CN(CC(=O)C1CCC2C3CCC4=Cc5c(cnn5-c5ccccn5)CC4(C)C3C(O)CC12C)c1nc2cccnc2s1. The van der Waals surface area contributed by atoms with E-state index in [1.165, 1.54) is 22.5 Å². The number of aliphatic hydroxyl groups is 1. The number of pyridine rings is 2. The minimum absolute atomic E-state index is 0.0395. The van der Waals surface area contributed by atoms with Crippen LogP contribution < -0.4 is 4.90 Å². The molecule has 0 spiro atoms. The molecule has 3 fully saturated rings. The number of Topliss-reactive ketones (excluding diaryl/α,β-unsaturated/α-hetero) is 1. The van der Waals surface area contributed by atoms with Crippen molar-refractivity contribution in [1.29, 1.82) is 0 Å². The van der Waals surface area contributed by atoms with Crippen LogP contribution in [0.1, 0.15) is 57.2 Å². The van der Waals surface area contributed by atoms with Crippen LogP contribution in [0.15, 0.2) is 54.5 Å². The normalized spacial score (nSPS) is 32.8. The van der Waals surface area contributed by atoms with Gasteiger partial charge in [0.25, 0.3) is 0 Å². The van der Waals surface area contributed by atoms with E-state index in [0.29, 0.717) is 24.8 Å². The van der Waals surface area contributed by atoms with Gasteiger partial charge in [0.05, 0.1) is 24.5 Å². The Balaban J connectivity index is 1.04. The zero-order valence-electron chi connectivity index (χ0n) is 25.0. The number of nitrogens with zero attached hydrogens (tertiary/aromatic N) is 6. The van der Waals surface area contributed by atoms with E-state index in [1.807, 2.05) is 53.2 Å². The summed E-state index contributed by atoms with van der Waals surface area (Å²) in [4.78, 5) is 30.5. The summed E-state index contributed by atoms with van der Waals surface area (Å²) in [5, 5.41) is 17.6. The second-order valence-electron chi connectivity index (χ2n) is 13.8. The summed E-state index contributed by atoms with van der Waals surface area (Å²) in [7, 11) is 1.96. The predicted molar refractivity (Wildman–Crippen MR) is 168 cm³/mol. The van der Waals surface area contributed by atoms with Crippen molar-refractivity contribution in [3.63, 3.8) is 0 Å². The fourth-order valence-electron chi connectivity index (χ4n) is 9.71. The van der Waals surface area contributed by atoms with Crippen LogP contribution in [0.5, 0.6) is 0 Å². The van der Waals surface area contributed by atoms with Gasteiger partial charge in [0.1, 0.15) is 10.3 Å². The Bertz CT molecular complexity index is 1710. The maximum atomic E-state index is 13.9. The molecule has 0 radical (unpaired) electrons. The lowest BCUT2D eigenvalue weighted by atomic mass is 9.46. The van der Waals surface area contributed by atoms with E-state index in [-0.39, 0.29) is 28.4 Å². The highest BCUT2D eigenvalue weighted by atomic mass is 32.1. The van der Waals surface area contributed by atoms with Gasteiger partial charge in [0, 0.05) is 25.4 Å². The Hall–Kier alpha value is -3.43. The molecule has 0 aromatic carbocycles. The number of hydrogen-bond acceptors (Lipinski definition) is 8. The van der Waals surface area contributed by atoms with Gasteiger partial charge in [-0.2, -0.15) is 5.10 Å². The third-order valence-corrected chi connectivity index (χ3v) is 12.6. The average Bonchev–Trinajstić information content (AvgIpc) is 3.70. The number of allylic oxidation sites excluding steroid dienone is 1. The molecule has 222 valence electrons. The second-order valence-corrected chi connectivity index (χ2v) is 14.8. The van der Waals surface area contributed by atoms with Gasteiger partial charge < -0.3 is 10.0 Å². The lowest BCUT2D eigenvalue weighted by Crippen LogP contribution is -2.57. The maximum absolute atomic E-state index is 13.9. The van der Waals surface area contributed by atoms with E-state index in [0.717, 1.165) is 59.1 Å². The fourth-order valence-corrected chi connectivity index (χ4v) is 10.6. The van der Waals surface area contributed by atoms with Crippen molar-refractivity contribution in [2.24, 2.45) is 34.5 Å². The van der Waals surface area contributed by atoms with Crippen LogP contribution in [-0.4, -0.2) is 55.3 Å². The number of anilines is 1. The minimum Gasteiger partial charge on any atom is -0.393 e. The number of carbonyl (C=O) groups excluding carboxylic acids is 1. The zero-order valence-corrected chi connectivity index (χ0v) is 25.8. The van der Waals surface area contributed by atoms with E-state index in [9.17, 15) is 9.90 Å². The molecule has 4 aliphatic carbocycles. The standard InChI is InChI=1S/C34H38N6O2S/c1-33-16-20-18-37-40(29-8-4-5-13-35-29)26(20)15-21(33)9-10-22-23-11-12-24(34(23,2)17-27(41)30(22)33)28(42)19-39(3)32-38-25-7-6-14-36-31(25)43-32/h4-8,13-15,18,22-24,27,30,41H,9-12,16-17,19H2,1-3H3. The minimum atomic E-state index is -0.436. The van der Waals surface area contributed by atoms with Crippen molar-refractivity contribution in [2.45, 2.75) is 58.5 Å². The first-order valence-electron chi connectivity index (χ1n) is 15.6. The Morgan fingerprint density at radius 1 is 1.14 bits per heavy atom. The zero-order chi connectivity index (χ0) is 29.5. The van der Waals surface area contributed by atoms with Crippen LogP contribution in [0.3, 0.4) is 0 Å². The number of likely N-dealkylation sites (N-methyl/N-ethyl adjacent to an activating group) is 1. The Morgan fingerprint density at radius 3 is 2.81 bits per heavy atom. The molecule has 9 heteroatoms. The average molecular weight is 595 g/mol. The summed E-state index contributed by atoms with van der Waals surface area (Å²) in [6.45, 7) is 5.02. The van der Waals surface area contributed by atoms with E-state index in [1.54, 1.807) is 12.4 Å². The van der Waals surface area contributed by atoms with Gasteiger partial charge in [-0.15, -0.1) is 0 Å². The van der Waals surface area contributed by atoms with Crippen molar-refractivity contribution >= 4 is 38.7 Å². The summed E-state index contributed by atoms with van der Waals surface area (Å²) >= 11 is 1.53. The molecule has 43 heavy (non-hydrogen) atoms. The molecule has 0 aliphatic heterocycles. The number of fused-ring (bicyclic) bond motifs is 7. The summed E-state index contributed by atoms with van der Waals surface area (Å²) in [6.07, 6.45) is 13.1. The van der Waals surface area contributed by atoms with Gasteiger partial charge in [0.2, 0.25) is 0 Å². The van der Waals surface area contributed by atoms with Crippen molar-refractivity contribution in [3.8, 4) is 5.82 Å². The van der Waals surface area contributed by atoms with E-state index < -0.39 is 6.10 Å². The smallest absolute Gasteiger partial charge is 0.188 e. The van der Waals surface area contributed by atoms with Gasteiger partial charge in [-0.1, -0.05) is 36.8 Å². The first kappa shape index (κ1) is 27.1. The van der Waals surface area contributed by atoms with E-state index in [2.05, 4.69) is 29.9 Å². The number of ketones is 1. The topological polar surface area (TPSA) is 97.0 Å². The quantitative estimate of drug-likeness (QED) is 0.314. The Labute approximate surface area is 255 Å². The molecule has 7 atom stereocenters. The number of aliphatic hydroxyl groups excluding tert-OH is 1. The first-order chi connectivity index (χ1) is 20.8. The monoisotopic (exact) mass is 594 g/mol. The molecule has 1 N–H and O–H groups in total. The van der Waals surface area contributed by atoms with Gasteiger partial charge in [-0.05, 0) is 103 Å². The van der Waals surface area contributed by atoms with Crippen LogP contribution >= 0.6 is 11.3 Å². The second kappa shape index (κ2) is 9.79. The molecule has 0 saturated heterocycles. The highest BCUT2D eigenvalue weighted by molar-refractivity contribution is 7.21. The summed E-state index contributed by atoms with van der Waals surface area (Å²) in [6, 6.07) is 9.77. The number of rotatable bonds is 5. The third-order valence-electron chi connectivity index (χ3n) is 11.6. The van der Waals surface area contributed by atoms with Crippen LogP contribution in [0.2, 0.25) is 0 Å². The summed E-state index contributed by atoms with van der Waals surface area (Å²) in [5.74, 6) is 2.11. The fraction of sp³-hybridized carbons (Fsp3) is 0.500. The van der Waals surface area contributed by atoms with Crippen LogP contribution in [-0.2, 0) is 11.2 Å². The number of aromatic nitrogens is 5. The molecule has 4 aromatic heterocycles. The summed E-state index contributed by atoms with van der Waals surface area (Å²) in [5.41, 5.74) is 4.35. The molecular formula is C34H38N6O2S. The van der Waals surface area contributed by atoms with Gasteiger partial charge >= 0.3 is 0 Å². The lowest BCUT2D eigenvalue weighted by molar-refractivity contribution is -0.141. The van der Waals surface area contributed by atoms with E-state index >= 15 is 0 Å². The van der Waals surface area contributed by atoms with Crippen molar-refractivity contribution in [3.05, 3.63) is 65.8 Å². The van der Waals surface area contributed by atoms with Crippen LogP contribution in [0, 0.1) is 34.5 Å². The molecular weight excluding hydrogens is 556 g/mol. The van der Waals surface area contributed by atoms with Crippen molar-refractivity contribution < 1.29 is 9.90 Å². The third kappa shape index (κ3) is 4.07. The molecule has 8 nitrogen and oxygen atoms in total. The largest absolute Gasteiger partial charge is 0.393 e. The maximum Gasteiger partial charge on any atom is 0.188 e. The van der Waals surface area contributed by atoms with E-state index in [4.69, 9.17) is 10.1 Å². The molecule has 0 bridgehead atoms. The van der Waals surface area contributed by atoms with Gasteiger partial charge in [-0.3, -0.25) is 4.79 Å². The number of thiazole rings is 1. The van der Waals surface area contributed by atoms with Crippen molar-refractivity contribution in [1.82, 2.24) is 24.7 Å². The van der Waals surface area contributed by atoms with Crippen LogP contribution in [0.25, 0.3) is 22.2 Å². The van der Waals surface area contributed by atoms with Gasteiger partial charge in [0.15, 0.2) is 16.7 Å². The number of carbonyl (C=O) groups is 1. The number of hydrogen-bond donors (Lipinski definition) is 1. The summed E-state index contributed by atoms with van der Waals surface area (Å²) < 4.78 is 1.96. The predicted octanol–water partition coefficient (Wildman–Crippen LogP) is 5.75. The van der Waals surface area contributed by atoms with Crippen molar-refractivity contribution in [2.75, 3.05) is 18.5 Å². The molecule has 4 aromatic rings. The van der Waals surface area contributed by atoms with Crippen LogP contribution in [0.4, 0.5) is 5.13 Å². The Morgan fingerprint density at radius 2 is 2.00 bits per heavy atom. The molecule has 7 unspecified atom stereocenters. The van der Waals surface area contributed by atoms with Gasteiger partial charge in [-0.25, -0.2) is 19.6 Å². The molecule has 3 saturated carbocycles. The first-order valence-corrected chi connectivity index (χ1v) is 16.4. The lowest BCUT2D eigenvalue weighted by Gasteiger charge is -2.59. The highest BCUT2D eigenvalue weighted by Crippen LogP contribution is 2.66. The highest BCUT2D eigenvalue weighted by Gasteiger charge is 2.63.